The van der Waals surface area contributed by atoms with Crippen LogP contribution in [0.15, 0.2) is 42.5 Å². The Hall–Kier alpha value is -2.28. The van der Waals surface area contributed by atoms with Crippen LogP contribution in [-0.2, 0) is 20.2 Å². The number of carbonyl (C=O) groups excluding carboxylic acids is 2. The predicted molar refractivity (Wildman–Crippen MR) is 110 cm³/mol. The van der Waals surface area contributed by atoms with E-state index in [2.05, 4.69) is 0 Å². The molecule has 0 spiro atoms. The Bertz CT molecular complexity index is 754. The average Bonchev–Trinajstić information content (AvgIpc) is 3.08. The molecule has 1 aliphatic heterocycles. The van der Waals surface area contributed by atoms with Gasteiger partial charge in [0, 0.05) is 24.9 Å². The van der Waals surface area contributed by atoms with E-state index >= 15 is 0 Å². The number of rotatable bonds is 12. The zero-order valence-electron chi connectivity index (χ0n) is 18.4. The van der Waals surface area contributed by atoms with Crippen LogP contribution in [0.25, 0.3) is 0 Å². The molecule has 0 bridgehead atoms. The van der Waals surface area contributed by atoms with Crippen LogP contribution >= 0.6 is 0 Å². The molecule has 0 saturated carbocycles. The van der Waals surface area contributed by atoms with Crippen molar-refractivity contribution in [3.63, 3.8) is 0 Å². The van der Waals surface area contributed by atoms with Gasteiger partial charge < -0.3 is 14.7 Å². The van der Waals surface area contributed by atoms with Crippen molar-refractivity contribution in [2.45, 2.75) is 69.9 Å². The summed E-state index contributed by atoms with van der Waals surface area (Å²) in [7, 11) is 0. The predicted octanol–water partition coefficient (Wildman–Crippen LogP) is 4.20. The molecule has 166 valence electrons. The van der Waals surface area contributed by atoms with E-state index in [1.54, 1.807) is 11.8 Å². The van der Waals surface area contributed by atoms with Gasteiger partial charge in [-0.15, -0.1) is 0 Å². The molecule has 1 aromatic carbocycles. The lowest BCUT2D eigenvalue weighted by atomic mass is 10.0. The lowest BCUT2D eigenvalue weighted by Crippen LogP contribution is -2.34. The summed E-state index contributed by atoms with van der Waals surface area (Å²) in [6.45, 7) is 2.67. The molecule has 1 heterocycles. The lowest BCUT2D eigenvalue weighted by molar-refractivity contribution is -0.143. The van der Waals surface area contributed by atoms with Gasteiger partial charge in [-0.2, -0.15) is 8.78 Å². The number of benzene rings is 1. The van der Waals surface area contributed by atoms with Crippen LogP contribution in [0.3, 0.4) is 0 Å². The van der Waals surface area contributed by atoms with Gasteiger partial charge in [-0.25, -0.2) is 0 Å². The third kappa shape index (κ3) is 6.90. The highest BCUT2D eigenvalue weighted by molar-refractivity contribution is 5.79. The summed E-state index contributed by atoms with van der Waals surface area (Å²) in [6.07, 6.45) is 5.00. The fourth-order valence-corrected chi connectivity index (χ4v) is 3.52. The molecule has 1 amide bonds. The third-order valence-corrected chi connectivity index (χ3v) is 5.20. The van der Waals surface area contributed by atoms with E-state index in [0.717, 1.165) is 43.9 Å². The zero-order chi connectivity index (χ0) is 22.9. The molecule has 1 N–H and O–H groups in total. The van der Waals surface area contributed by atoms with E-state index in [4.69, 9.17) is 6.11 Å². The first-order valence-electron chi connectivity index (χ1n) is 11.0. The molecule has 0 unspecified atom stereocenters. The summed E-state index contributed by atoms with van der Waals surface area (Å²) in [5.41, 5.74) is -0.358. The molecule has 1 fully saturated rings. The zero-order valence-corrected chi connectivity index (χ0v) is 17.4. The average molecular weight is 426 g/mol. The number of ether oxygens (including phenoxy) is 1. The molecule has 1 saturated heterocycles. The van der Waals surface area contributed by atoms with Crippen LogP contribution in [0.5, 0.6) is 0 Å². The molecule has 2 atom stereocenters. The highest BCUT2D eigenvalue weighted by Gasteiger charge is 2.39. The number of hydrogen-bond acceptors (Lipinski definition) is 4. The van der Waals surface area contributed by atoms with Crippen LogP contribution in [0, 0.1) is 0 Å². The summed E-state index contributed by atoms with van der Waals surface area (Å²) in [6, 6.07) is 4.58. The summed E-state index contributed by atoms with van der Waals surface area (Å²) in [4.78, 5) is 25.1. The van der Waals surface area contributed by atoms with Crippen molar-refractivity contribution in [2.24, 2.45) is 0 Å². The SMILES string of the molecule is [3H]c1ccc(C(F)(F)[C@H](O)/C=C/[C@H]2CCC(=O)N2CCCCCCC(=O)OCC)cc1. The molecule has 0 aromatic heterocycles. The summed E-state index contributed by atoms with van der Waals surface area (Å²) in [5, 5.41) is 10.0. The van der Waals surface area contributed by atoms with Gasteiger partial charge in [0.25, 0.3) is 0 Å². The summed E-state index contributed by atoms with van der Waals surface area (Å²) in [5.74, 6) is -3.71. The van der Waals surface area contributed by atoms with Gasteiger partial charge >= 0.3 is 11.9 Å². The normalized spacial score (nSPS) is 18.7. The number of esters is 1. The highest BCUT2D eigenvalue weighted by atomic mass is 19.3. The van der Waals surface area contributed by atoms with Crippen LogP contribution in [-0.4, -0.2) is 47.2 Å². The van der Waals surface area contributed by atoms with Gasteiger partial charge in [-0.05, 0) is 26.2 Å². The molecule has 5 nitrogen and oxygen atoms in total. The minimum atomic E-state index is -3.49. The molecule has 2 rings (SSSR count). The van der Waals surface area contributed by atoms with Gasteiger partial charge in [0.2, 0.25) is 5.91 Å². The van der Waals surface area contributed by atoms with E-state index in [1.165, 1.54) is 18.2 Å². The fraction of sp³-hybridized carbons (Fsp3) is 0.565. The van der Waals surface area contributed by atoms with E-state index in [-0.39, 0.29) is 29.5 Å². The van der Waals surface area contributed by atoms with Crippen molar-refractivity contribution in [3.8, 4) is 0 Å². The van der Waals surface area contributed by atoms with Gasteiger partial charge in [0.1, 0.15) is 6.10 Å². The molecule has 1 aliphatic rings. The Kier molecular flexibility index (Phi) is 8.81. The Balaban J connectivity index is 1.83. The first kappa shape index (κ1) is 22.4. The van der Waals surface area contributed by atoms with Crippen molar-refractivity contribution in [1.82, 2.24) is 4.90 Å². The second kappa shape index (κ2) is 11.8. The number of amides is 1. The number of aliphatic hydroxyl groups is 1. The molecule has 1 aromatic rings. The number of halogens is 2. The molecule has 0 aliphatic carbocycles. The molecule has 7 heteroatoms. The largest absolute Gasteiger partial charge is 0.466 e. The Morgan fingerprint density at radius 1 is 1.37 bits per heavy atom. The van der Waals surface area contributed by atoms with Crippen LogP contribution in [0.2, 0.25) is 0 Å². The smallest absolute Gasteiger partial charge is 0.305 e. The minimum Gasteiger partial charge on any atom is -0.466 e. The van der Waals surface area contributed by atoms with Crippen molar-refractivity contribution < 1.29 is 29.6 Å². The quantitative estimate of drug-likeness (QED) is 0.310. The van der Waals surface area contributed by atoms with Crippen LogP contribution in [0.4, 0.5) is 8.78 Å². The maximum absolute atomic E-state index is 14.5. The number of nitrogens with zero attached hydrogens (tertiary/aromatic N) is 1. The molecule has 0 radical (unpaired) electrons. The van der Waals surface area contributed by atoms with Crippen molar-refractivity contribution >= 4 is 11.9 Å². The second-order valence-electron chi connectivity index (χ2n) is 7.40. The number of aliphatic hydroxyl groups excluding tert-OH is 1. The highest BCUT2D eigenvalue weighted by Crippen LogP contribution is 2.32. The summed E-state index contributed by atoms with van der Waals surface area (Å²) < 4.78 is 41.2. The number of alkyl halides is 2. The third-order valence-electron chi connectivity index (χ3n) is 5.20. The standard InChI is InChI=1S/C23H31F2NO4/c1-2-30-22(29)12-8-3-4-9-17-26-19(14-16-21(26)28)13-15-20(27)23(24,25)18-10-6-5-7-11-18/h5-7,10-11,13,15,19-20,27H,2-4,8-9,12,14,16-17H2,1H3/b15-13+/t19-,20+/m0/s1/i5T. The Labute approximate surface area is 178 Å². The summed E-state index contributed by atoms with van der Waals surface area (Å²) >= 11 is 0. The van der Waals surface area contributed by atoms with E-state index in [0.29, 0.717) is 32.4 Å². The first-order valence-corrected chi connectivity index (χ1v) is 10.5. The fourth-order valence-electron chi connectivity index (χ4n) is 3.52. The lowest BCUT2D eigenvalue weighted by Gasteiger charge is -2.24. The number of unbranched alkanes of at least 4 members (excludes halogenated alkanes) is 3. The second-order valence-corrected chi connectivity index (χ2v) is 7.40. The van der Waals surface area contributed by atoms with E-state index in [1.807, 2.05) is 0 Å². The maximum Gasteiger partial charge on any atom is 0.305 e. The Morgan fingerprint density at radius 2 is 2.07 bits per heavy atom. The molecule has 30 heavy (non-hydrogen) atoms. The van der Waals surface area contributed by atoms with Crippen molar-refractivity contribution in [3.05, 3.63) is 48.0 Å². The van der Waals surface area contributed by atoms with Crippen molar-refractivity contribution in [2.75, 3.05) is 13.2 Å². The van der Waals surface area contributed by atoms with Crippen LogP contribution < -0.4 is 0 Å². The number of hydrogen-bond donors (Lipinski definition) is 1. The van der Waals surface area contributed by atoms with Gasteiger partial charge in [-0.1, -0.05) is 55.3 Å². The van der Waals surface area contributed by atoms with E-state index < -0.39 is 12.0 Å². The molecular weight excluding hydrogens is 392 g/mol. The minimum absolute atomic E-state index is 0.0199. The Morgan fingerprint density at radius 3 is 2.77 bits per heavy atom. The first-order chi connectivity index (χ1) is 14.8. The molecular formula is C23H31F2NO4. The monoisotopic (exact) mass is 425 g/mol. The number of likely N-dealkylation sites (tertiary alicyclic amines) is 1. The van der Waals surface area contributed by atoms with Crippen LogP contribution in [0.1, 0.15) is 58.8 Å². The maximum atomic E-state index is 14.5. The van der Waals surface area contributed by atoms with Crippen molar-refractivity contribution in [1.29, 1.82) is 0 Å². The van der Waals surface area contributed by atoms with Gasteiger partial charge in [-0.3, -0.25) is 9.59 Å². The van der Waals surface area contributed by atoms with E-state index in [9.17, 15) is 23.5 Å². The number of carbonyl (C=O) groups is 2. The van der Waals surface area contributed by atoms with Gasteiger partial charge in [0.05, 0.1) is 14.0 Å². The topological polar surface area (TPSA) is 66.8 Å². The van der Waals surface area contributed by atoms with Gasteiger partial charge in [0.15, 0.2) is 0 Å².